The van der Waals surface area contributed by atoms with E-state index in [9.17, 15) is 4.39 Å². The highest BCUT2D eigenvalue weighted by molar-refractivity contribution is 9.10. The molecular formula is C16H19BrClFO. The number of ether oxygens (including phenoxy) is 1. The Morgan fingerprint density at radius 2 is 1.90 bits per heavy atom. The Morgan fingerprint density at radius 3 is 2.50 bits per heavy atom. The zero-order valence-corrected chi connectivity index (χ0v) is 13.7. The first-order valence-electron chi connectivity index (χ1n) is 7.37. The summed E-state index contributed by atoms with van der Waals surface area (Å²) in [6, 6.07) is 4.59. The lowest BCUT2D eigenvalue weighted by molar-refractivity contribution is -0.0516. The van der Waals surface area contributed by atoms with Gasteiger partial charge in [0.15, 0.2) is 0 Å². The molecule has 1 aromatic rings. The Hall–Kier alpha value is -0.280. The molecule has 110 valence electrons. The van der Waals surface area contributed by atoms with E-state index in [1.165, 1.54) is 37.8 Å². The monoisotopic (exact) mass is 360 g/mol. The van der Waals surface area contributed by atoms with E-state index in [4.69, 9.17) is 16.3 Å². The summed E-state index contributed by atoms with van der Waals surface area (Å²) in [5.74, 6) is 0.473. The first-order chi connectivity index (χ1) is 9.62. The average molecular weight is 362 g/mol. The summed E-state index contributed by atoms with van der Waals surface area (Å²) in [5.41, 5.74) is 0.131. The van der Waals surface area contributed by atoms with Gasteiger partial charge in [-0.05, 0) is 47.0 Å². The normalized spacial score (nSPS) is 28.8. The summed E-state index contributed by atoms with van der Waals surface area (Å²) in [6.45, 7) is 0. The molecule has 3 rings (SSSR count). The van der Waals surface area contributed by atoms with Crippen molar-refractivity contribution in [2.75, 3.05) is 0 Å². The minimum atomic E-state index is -0.253. The fourth-order valence-electron chi connectivity index (χ4n) is 3.61. The van der Waals surface area contributed by atoms with Crippen molar-refractivity contribution < 1.29 is 9.13 Å². The second kappa shape index (κ2) is 5.84. The molecule has 2 aliphatic carbocycles. The molecular weight excluding hydrogens is 343 g/mol. The van der Waals surface area contributed by atoms with Crippen LogP contribution in [-0.4, -0.2) is 11.5 Å². The molecule has 4 heteroatoms. The van der Waals surface area contributed by atoms with E-state index in [-0.39, 0.29) is 22.7 Å². The van der Waals surface area contributed by atoms with Crippen molar-refractivity contribution in [2.45, 2.75) is 56.4 Å². The lowest BCUT2D eigenvalue weighted by atomic mass is 9.61. The lowest BCUT2D eigenvalue weighted by Gasteiger charge is -2.53. The number of hydrogen-bond acceptors (Lipinski definition) is 1. The second-order valence-electron chi connectivity index (χ2n) is 6.03. The van der Waals surface area contributed by atoms with Crippen molar-refractivity contribution in [3.8, 4) is 5.75 Å². The highest BCUT2D eigenvalue weighted by Crippen LogP contribution is 2.55. The Kier molecular flexibility index (Phi) is 4.28. The second-order valence-corrected chi connectivity index (χ2v) is 7.41. The zero-order valence-electron chi connectivity index (χ0n) is 11.4. The van der Waals surface area contributed by atoms with E-state index in [2.05, 4.69) is 15.9 Å². The van der Waals surface area contributed by atoms with Crippen LogP contribution in [0.15, 0.2) is 22.7 Å². The van der Waals surface area contributed by atoms with Gasteiger partial charge in [-0.25, -0.2) is 4.39 Å². The maximum Gasteiger partial charge on any atom is 0.134 e. The topological polar surface area (TPSA) is 9.23 Å². The van der Waals surface area contributed by atoms with Crippen LogP contribution in [0, 0.1) is 11.2 Å². The molecule has 0 amide bonds. The van der Waals surface area contributed by atoms with E-state index in [1.807, 2.05) is 0 Å². The average Bonchev–Trinajstić information content (AvgIpc) is 2.69. The summed E-state index contributed by atoms with van der Waals surface area (Å²) < 4.78 is 20.0. The molecule has 0 aromatic heterocycles. The molecule has 0 bridgehead atoms. The van der Waals surface area contributed by atoms with Gasteiger partial charge in [-0.3, -0.25) is 0 Å². The highest BCUT2D eigenvalue weighted by Gasteiger charge is 2.55. The van der Waals surface area contributed by atoms with Crippen LogP contribution >= 0.6 is 27.5 Å². The van der Waals surface area contributed by atoms with Crippen LogP contribution in [0.25, 0.3) is 0 Å². The smallest absolute Gasteiger partial charge is 0.134 e. The SMILES string of the molecule is Fc1ccc(OC2CC(Cl)C23CCCCCC3)c(Br)c1. The molecule has 0 heterocycles. The molecule has 1 spiro atoms. The molecule has 0 radical (unpaired) electrons. The van der Waals surface area contributed by atoms with Gasteiger partial charge in [-0.1, -0.05) is 25.7 Å². The highest BCUT2D eigenvalue weighted by atomic mass is 79.9. The Labute approximate surface area is 133 Å². The first-order valence-corrected chi connectivity index (χ1v) is 8.60. The summed E-state index contributed by atoms with van der Waals surface area (Å²) >= 11 is 9.91. The van der Waals surface area contributed by atoms with E-state index >= 15 is 0 Å². The first kappa shape index (κ1) is 14.6. The molecule has 1 nitrogen and oxygen atoms in total. The zero-order chi connectivity index (χ0) is 14.2. The predicted molar refractivity (Wildman–Crippen MR) is 82.9 cm³/mol. The fourth-order valence-corrected chi connectivity index (χ4v) is 4.57. The molecule has 2 fully saturated rings. The van der Waals surface area contributed by atoms with Gasteiger partial charge in [0.1, 0.15) is 17.7 Å². The Morgan fingerprint density at radius 1 is 1.20 bits per heavy atom. The van der Waals surface area contributed by atoms with Gasteiger partial charge in [0.05, 0.1) is 4.47 Å². The summed E-state index contributed by atoms with van der Waals surface area (Å²) in [6.07, 6.45) is 8.48. The molecule has 0 saturated heterocycles. The van der Waals surface area contributed by atoms with E-state index in [1.54, 1.807) is 6.07 Å². The molecule has 1 aromatic carbocycles. The third kappa shape index (κ3) is 2.59. The van der Waals surface area contributed by atoms with Gasteiger partial charge < -0.3 is 4.74 Å². The van der Waals surface area contributed by atoms with Crippen LogP contribution in [-0.2, 0) is 0 Å². The standard InChI is InChI=1S/C16H19BrClFO/c17-12-9-11(19)5-6-13(12)20-15-10-14(18)16(15)7-3-1-2-4-8-16/h5-6,9,14-15H,1-4,7-8,10H2. The third-order valence-electron chi connectivity index (χ3n) is 4.88. The fraction of sp³-hybridized carbons (Fsp3) is 0.625. The largest absolute Gasteiger partial charge is 0.489 e. The van der Waals surface area contributed by atoms with Crippen LogP contribution in [0.4, 0.5) is 4.39 Å². The van der Waals surface area contributed by atoms with Crippen LogP contribution in [0.5, 0.6) is 5.75 Å². The third-order valence-corrected chi connectivity index (χ3v) is 6.12. The van der Waals surface area contributed by atoms with Crippen LogP contribution in [0.2, 0.25) is 0 Å². The number of hydrogen-bond donors (Lipinski definition) is 0. The molecule has 0 N–H and O–H groups in total. The van der Waals surface area contributed by atoms with E-state index in [0.717, 1.165) is 25.0 Å². The number of benzene rings is 1. The van der Waals surface area contributed by atoms with Crippen molar-refractivity contribution in [1.29, 1.82) is 0 Å². The minimum Gasteiger partial charge on any atom is -0.489 e. The van der Waals surface area contributed by atoms with E-state index in [0.29, 0.717) is 4.47 Å². The molecule has 2 saturated carbocycles. The van der Waals surface area contributed by atoms with Crippen molar-refractivity contribution >= 4 is 27.5 Å². The molecule has 20 heavy (non-hydrogen) atoms. The van der Waals surface area contributed by atoms with Gasteiger partial charge in [0.25, 0.3) is 0 Å². The van der Waals surface area contributed by atoms with Crippen molar-refractivity contribution in [2.24, 2.45) is 5.41 Å². The number of halogens is 3. The van der Waals surface area contributed by atoms with Gasteiger partial charge in [0.2, 0.25) is 0 Å². The molecule has 2 aliphatic rings. The summed E-state index contributed by atoms with van der Waals surface area (Å²) in [5, 5.41) is 0.227. The lowest BCUT2D eigenvalue weighted by Crippen LogP contribution is -2.57. The maximum atomic E-state index is 13.1. The van der Waals surface area contributed by atoms with Crippen LogP contribution in [0.3, 0.4) is 0 Å². The molecule has 0 aliphatic heterocycles. The van der Waals surface area contributed by atoms with Crippen molar-refractivity contribution in [1.82, 2.24) is 0 Å². The molecule has 2 unspecified atom stereocenters. The van der Waals surface area contributed by atoms with E-state index < -0.39 is 0 Å². The Balaban J connectivity index is 1.76. The van der Waals surface area contributed by atoms with Gasteiger partial charge in [-0.15, -0.1) is 11.6 Å². The maximum absolute atomic E-state index is 13.1. The van der Waals surface area contributed by atoms with Crippen molar-refractivity contribution in [3.05, 3.63) is 28.5 Å². The predicted octanol–water partition coefficient (Wildman–Crippen LogP) is 5.69. The summed E-state index contributed by atoms with van der Waals surface area (Å²) in [4.78, 5) is 0. The Bertz CT molecular complexity index is 485. The molecule has 2 atom stereocenters. The minimum absolute atomic E-state index is 0.131. The number of rotatable bonds is 2. The number of alkyl halides is 1. The van der Waals surface area contributed by atoms with Gasteiger partial charge in [-0.2, -0.15) is 0 Å². The van der Waals surface area contributed by atoms with Gasteiger partial charge in [0, 0.05) is 17.2 Å². The summed E-state index contributed by atoms with van der Waals surface area (Å²) in [7, 11) is 0. The van der Waals surface area contributed by atoms with Crippen LogP contribution < -0.4 is 4.74 Å². The van der Waals surface area contributed by atoms with Crippen molar-refractivity contribution in [3.63, 3.8) is 0 Å². The quantitative estimate of drug-likeness (QED) is 0.615. The van der Waals surface area contributed by atoms with Gasteiger partial charge >= 0.3 is 0 Å². The van der Waals surface area contributed by atoms with Crippen LogP contribution in [0.1, 0.15) is 44.9 Å².